The molecule has 0 saturated heterocycles. The fraction of sp³-hybridized carbons (Fsp3) is 0.500. The molecule has 0 spiro atoms. The van der Waals surface area contributed by atoms with E-state index in [-0.39, 0.29) is 23.2 Å². The first-order chi connectivity index (χ1) is 7.26. The minimum absolute atomic E-state index is 0.259. The zero-order valence-electron chi connectivity index (χ0n) is 10.8. The van der Waals surface area contributed by atoms with Gasteiger partial charge in [0.25, 0.3) is 0 Å². The first kappa shape index (κ1) is 14.5. The van der Waals surface area contributed by atoms with Gasteiger partial charge in [-0.1, -0.05) is 32.9 Å². The molecule has 86 valence electrons. The van der Waals surface area contributed by atoms with E-state index in [0.717, 1.165) is 5.75 Å². The summed E-state index contributed by atoms with van der Waals surface area (Å²) in [5.74, 6) is 1.04. The largest absolute Gasteiger partial charge is 0.544 e. The van der Waals surface area contributed by atoms with Crippen LogP contribution < -0.4 is 8.12 Å². The van der Waals surface area contributed by atoms with Gasteiger partial charge in [-0.2, -0.15) is 0 Å². The van der Waals surface area contributed by atoms with Crippen LogP contribution in [0.5, 0.6) is 5.75 Å². The summed E-state index contributed by atoms with van der Waals surface area (Å²) in [5, 5.41) is 0.259. The van der Waals surface area contributed by atoms with Crippen molar-refractivity contribution in [3.8, 4) is 5.75 Å². The van der Waals surface area contributed by atoms with Gasteiger partial charge >= 0.3 is 18.2 Å². The van der Waals surface area contributed by atoms with Crippen LogP contribution >= 0.6 is 12.9 Å². The summed E-state index contributed by atoms with van der Waals surface area (Å²) in [7, 11) is -1.68. The third-order valence-electron chi connectivity index (χ3n) is 3.23. The van der Waals surface area contributed by atoms with E-state index in [9.17, 15) is 0 Å². The van der Waals surface area contributed by atoms with Crippen LogP contribution in [0.25, 0.3) is 0 Å². The Morgan fingerprint density at radius 1 is 1.25 bits per heavy atom. The van der Waals surface area contributed by atoms with E-state index in [1.165, 1.54) is 3.69 Å². The molecular weight excluding hydrogens is 292 g/mol. The number of halogens is 1. The Morgan fingerprint density at radius 3 is 2.38 bits per heavy atom. The van der Waals surface area contributed by atoms with Gasteiger partial charge in [-0.15, -0.1) is 3.69 Å². The van der Waals surface area contributed by atoms with Crippen molar-refractivity contribution in [2.75, 3.05) is 0 Å². The van der Waals surface area contributed by atoms with Crippen LogP contribution in [0.3, 0.4) is 0 Å². The maximum atomic E-state index is 6.25. The van der Waals surface area contributed by atoms with Crippen molar-refractivity contribution in [2.24, 2.45) is 0 Å². The van der Waals surface area contributed by atoms with E-state index in [1.807, 2.05) is 0 Å². The van der Waals surface area contributed by atoms with E-state index in [1.54, 1.807) is 0 Å². The van der Waals surface area contributed by atoms with E-state index in [2.05, 4.69) is 71.0 Å². The van der Waals surface area contributed by atoms with Crippen molar-refractivity contribution in [1.82, 2.24) is 0 Å². The van der Waals surface area contributed by atoms with E-state index in [0.29, 0.717) is 0 Å². The van der Waals surface area contributed by atoms with Gasteiger partial charge < -0.3 is 4.43 Å². The molecule has 0 amide bonds. The molecule has 1 rings (SSSR count). The summed E-state index contributed by atoms with van der Waals surface area (Å²) < 4.78 is 7.65. The zero-order valence-corrected chi connectivity index (χ0v) is 14.8. The Kier molecular flexibility index (Phi) is 4.93. The van der Waals surface area contributed by atoms with Crippen LogP contribution in [0.2, 0.25) is 18.1 Å². The topological polar surface area (TPSA) is 9.23 Å². The Hall–Kier alpha value is 0.483. The third-order valence-corrected chi connectivity index (χ3v) is 10.3. The predicted octanol–water partition coefficient (Wildman–Crippen LogP) is 3.71. The molecule has 0 unspecified atom stereocenters. The molecule has 0 N–H and O–H groups in total. The van der Waals surface area contributed by atoms with Gasteiger partial charge in [-0.05, 0) is 30.3 Å². The molecule has 4 heteroatoms. The second-order valence-electron chi connectivity index (χ2n) is 5.64. The predicted molar refractivity (Wildman–Crippen MR) is 78.6 cm³/mol. The van der Waals surface area contributed by atoms with Gasteiger partial charge in [0, 0.05) is 0 Å². The number of hydrogen-bond acceptors (Lipinski definition) is 1. The molecule has 0 aliphatic rings. The average Bonchev–Trinajstić information content (AvgIpc) is 2.15. The highest BCUT2D eigenvalue weighted by Crippen LogP contribution is 2.37. The summed E-state index contributed by atoms with van der Waals surface area (Å²) in [6.07, 6.45) is 0. The zero-order chi connectivity index (χ0) is 12.4. The smallest absolute Gasteiger partial charge is 0.506 e. The van der Waals surface area contributed by atoms with Crippen LogP contribution in [-0.4, -0.2) is 26.5 Å². The first-order valence-corrected chi connectivity index (χ1v) is 13.1. The lowest BCUT2D eigenvalue weighted by atomic mass is 10.2. The molecule has 0 heterocycles. The van der Waals surface area contributed by atoms with Crippen LogP contribution in [-0.2, 0) is 0 Å². The minimum atomic E-state index is -1.68. The fourth-order valence-electron chi connectivity index (χ4n) is 1.14. The first-order valence-electron chi connectivity index (χ1n) is 5.60. The molecular formula is C12H19BrMgOSi. The number of benzene rings is 1. The SMILES string of the molecule is CC(C)(C)[Si](C)(C)Oc1ccc[c]([Mg][Br])c1. The molecule has 0 aliphatic heterocycles. The van der Waals surface area contributed by atoms with E-state index in [4.69, 9.17) is 4.43 Å². The summed E-state index contributed by atoms with van der Waals surface area (Å²) in [5.41, 5.74) is 0. The second-order valence-corrected chi connectivity index (χ2v) is 13.1. The maximum absolute atomic E-state index is 6.25. The monoisotopic (exact) mass is 310 g/mol. The quantitative estimate of drug-likeness (QED) is 0.773. The van der Waals surface area contributed by atoms with Crippen molar-refractivity contribution < 1.29 is 4.43 Å². The Labute approximate surface area is 116 Å². The molecule has 0 bridgehead atoms. The van der Waals surface area contributed by atoms with Crippen LogP contribution in [0, 0.1) is 0 Å². The molecule has 1 nitrogen and oxygen atoms in total. The molecule has 0 aromatic heterocycles. The number of rotatable bonds is 3. The van der Waals surface area contributed by atoms with Gasteiger partial charge in [0.15, 0.2) is 0 Å². The summed E-state index contributed by atoms with van der Waals surface area (Å²) in [6, 6.07) is 8.51. The standard InChI is InChI=1S/C12H19OSi.BrH.Mg/c1-12(2,3)14(4,5)13-11-9-7-6-8-10-11;;/h6-7,9-10H,1-5H3;1H;/q;;+1/p-1. The molecule has 0 atom stereocenters. The van der Waals surface area contributed by atoms with E-state index < -0.39 is 8.32 Å². The Bertz CT molecular complexity index is 360. The van der Waals surface area contributed by atoms with Gasteiger partial charge in [-0.3, -0.25) is 12.9 Å². The van der Waals surface area contributed by atoms with Crippen molar-refractivity contribution in [3.63, 3.8) is 0 Å². The lowest BCUT2D eigenvalue weighted by Crippen LogP contribution is -2.44. The van der Waals surface area contributed by atoms with Crippen molar-refractivity contribution in [3.05, 3.63) is 24.3 Å². The second kappa shape index (κ2) is 5.42. The average molecular weight is 312 g/mol. The fourth-order valence-corrected chi connectivity index (χ4v) is 3.71. The Morgan fingerprint density at radius 2 is 1.88 bits per heavy atom. The molecule has 0 fully saturated rings. The van der Waals surface area contributed by atoms with Crippen LogP contribution in [0.1, 0.15) is 20.8 Å². The summed E-state index contributed by atoms with van der Waals surface area (Å²) in [4.78, 5) is 0. The van der Waals surface area contributed by atoms with E-state index >= 15 is 0 Å². The lowest BCUT2D eigenvalue weighted by molar-refractivity contribution is 0.492. The van der Waals surface area contributed by atoms with Gasteiger partial charge in [0.2, 0.25) is 8.32 Å². The van der Waals surface area contributed by atoms with Crippen molar-refractivity contribution in [1.29, 1.82) is 0 Å². The molecule has 0 radical (unpaired) electrons. The summed E-state index contributed by atoms with van der Waals surface area (Å²) in [6.45, 7) is 11.4. The van der Waals surface area contributed by atoms with Crippen molar-refractivity contribution in [2.45, 2.75) is 38.9 Å². The van der Waals surface area contributed by atoms with Gasteiger partial charge in [0.1, 0.15) is 5.75 Å². The highest BCUT2D eigenvalue weighted by Gasteiger charge is 2.38. The third kappa shape index (κ3) is 3.75. The molecule has 1 aromatic rings. The maximum Gasteiger partial charge on any atom is 0.506 e. The highest BCUT2D eigenvalue weighted by atomic mass is 79.9. The highest BCUT2D eigenvalue weighted by molar-refractivity contribution is 9.23. The van der Waals surface area contributed by atoms with Crippen molar-refractivity contribution >= 4 is 43.1 Å². The lowest BCUT2D eigenvalue weighted by Gasteiger charge is -2.36. The molecule has 1 aromatic carbocycles. The Balaban J connectivity index is 2.88. The summed E-state index contributed by atoms with van der Waals surface area (Å²) >= 11 is 3.34. The normalized spacial score (nSPS) is 12.1. The number of hydrogen-bond donors (Lipinski definition) is 0. The van der Waals surface area contributed by atoms with Gasteiger partial charge in [-0.25, -0.2) is 0 Å². The molecule has 16 heavy (non-hydrogen) atoms. The molecule has 0 saturated carbocycles. The minimum Gasteiger partial charge on any atom is -0.544 e. The molecule has 0 aliphatic carbocycles. The van der Waals surface area contributed by atoms with Crippen LogP contribution in [0.15, 0.2) is 24.3 Å². The van der Waals surface area contributed by atoms with Crippen LogP contribution in [0.4, 0.5) is 0 Å². The van der Waals surface area contributed by atoms with Gasteiger partial charge in [0.05, 0.1) is 0 Å².